The first-order chi connectivity index (χ1) is 9.95. The van der Waals surface area contributed by atoms with Crippen molar-refractivity contribution in [1.29, 1.82) is 0 Å². The highest BCUT2D eigenvalue weighted by Crippen LogP contribution is 2.23. The maximum Gasteiger partial charge on any atom is 0.256 e. The molecule has 0 saturated carbocycles. The lowest BCUT2D eigenvalue weighted by Crippen LogP contribution is -2.47. The third-order valence-corrected chi connectivity index (χ3v) is 3.71. The lowest BCUT2D eigenvalue weighted by Gasteiger charge is -2.35. The van der Waals surface area contributed by atoms with Crippen molar-refractivity contribution in [2.45, 2.75) is 18.4 Å². The Morgan fingerprint density at radius 2 is 2.14 bits per heavy atom. The summed E-state index contributed by atoms with van der Waals surface area (Å²) in [4.78, 5) is 13.6. The molecule has 1 amide bonds. The van der Waals surface area contributed by atoms with Gasteiger partial charge < -0.3 is 19.5 Å². The van der Waals surface area contributed by atoms with E-state index in [0.29, 0.717) is 31.8 Å². The van der Waals surface area contributed by atoms with Crippen LogP contribution in [0, 0.1) is 5.82 Å². The summed E-state index contributed by atoms with van der Waals surface area (Å²) in [5.41, 5.74) is -1.00. The minimum Gasteiger partial charge on any atom is -0.497 e. The molecule has 0 aliphatic carbocycles. The molecule has 0 unspecified atom stereocenters. The number of amides is 1. The summed E-state index contributed by atoms with van der Waals surface area (Å²) in [7, 11) is 2.99. The number of aliphatic hydroxyl groups is 1. The normalized spacial score (nSPS) is 17.3. The topological polar surface area (TPSA) is 59.0 Å². The van der Waals surface area contributed by atoms with E-state index in [1.807, 2.05) is 0 Å². The first-order valence-electron chi connectivity index (χ1n) is 6.84. The van der Waals surface area contributed by atoms with Gasteiger partial charge in [0.25, 0.3) is 5.91 Å². The average molecular weight is 297 g/mol. The van der Waals surface area contributed by atoms with Gasteiger partial charge in [-0.1, -0.05) is 0 Å². The summed E-state index contributed by atoms with van der Waals surface area (Å²) in [6, 6.07) is 4.10. The van der Waals surface area contributed by atoms with Crippen LogP contribution in [0.2, 0.25) is 0 Å². The van der Waals surface area contributed by atoms with E-state index in [9.17, 15) is 14.3 Å². The number of nitrogens with zero attached hydrogens (tertiary/aromatic N) is 1. The number of halogens is 1. The van der Waals surface area contributed by atoms with E-state index >= 15 is 0 Å². The number of likely N-dealkylation sites (N-methyl/N-ethyl adjacent to an activating group) is 1. The first-order valence-corrected chi connectivity index (χ1v) is 6.84. The average Bonchev–Trinajstić information content (AvgIpc) is 2.46. The molecule has 5 nitrogen and oxygen atoms in total. The molecule has 1 N–H and O–H groups in total. The van der Waals surface area contributed by atoms with Gasteiger partial charge in [-0.05, 0) is 12.1 Å². The zero-order valence-corrected chi connectivity index (χ0v) is 12.3. The maximum absolute atomic E-state index is 13.9. The van der Waals surface area contributed by atoms with Crippen LogP contribution in [-0.2, 0) is 4.74 Å². The second-order valence-electron chi connectivity index (χ2n) is 5.34. The van der Waals surface area contributed by atoms with Crippen molar-refractivity contribution < 1.29 is 23.8 Å². The van der Waals surface area contributed by atoms with Crippen molar-refractivity contribution in [3.05, 3.63) is 29.6 Å². The summed E-state index contributed by atoms with van der Waals surface area (Å²) in [6.07, 6.45) is 0.936. The van der Waals surface area contributed by atoms with Crippen molar-refractivity contribution in [2.24, 2.45) is 0 Å². The molecular weight excluding hydrogens is 277 g/mol. The lowest BCUT2D eigenvalue weighted by molar-refractivity contribution is -0.0734. The highest BCUT2D eigenvalue weighted by Gasteiger charge is 2.33. The summed E-state index contributed by atoms with van der Waals surface area (Å²) in [5.74, 6) is -0.741. The predicted molar refractivity (Wildman–Crippen MR) is 74.9 cm³/mol. The molecule has 21 heavy (non-hydrogen) atoms. The molecule has 1 aliphatic heterocycles. The largest absolute Gasteiger partial charge is 0.497 e. The van der Waals surface area contributed by atoms with Gasteiger partial charge in [-0.25, -0.2) is 4.39 Å². The third-order valence-electron chi connectivity index (χ3n) is 3.71. The Kier molecular flexibility index (Phi) is 4.80. The van der Waals surface area contributed by atoms with Crippen LogP contribution in [0.5, 0.6) is 5.75 Å². The smallest absolute Gasteiger partial charge is 0.256 e. The fourth-order valence-electron chi connectivity index (χ4n) is 2.42. The van der Waals surface area contributed by atoms with E-state index in [1.165, 1.54) is 30.2 Å². The van der Waals surface area contributed by atoms with Crippen LogP contribution in [0.25, 0.3) is 0 Å². The number of rotatable bonds is 4. The highest BCUT2D eigenvalue weighted by molar-refractivity contribution is 5.94. The minimum absolute atomic E-state index is 0.0334. The molecule has 0 aromatic heterocycles. The van der Waals surface area contributed by atoms with E-state index < -0.39 is 17.3 Å². The first kappa shape index (κ1) is 15.7. The molecule has 0 bridgehead atoms. The highest BCUT2D eigenvalue weighted by atomic mass is 19.1. The number of hydrogen-bond acceptors (Lipinski definition) is 4. The zero-order chi connectivity index (χ0) is 15.5. The van der Waals surface area contributed by atoms with Gasteiger partial charge in [0.1, 0.15) is 11.6 Å². The van der Waals surface area contributed by atoms with Gasteiger partial charge in [0, 0.05) is 45.7 Å². The molecular formula is C15H20FNO4. The number of carbonyl (C=O) groups excluding carboxylic acids is 1. The standard InChI is InChI=1S/C15H20FNO4/c1-17(10-15(19)5-7-21-8-6-15)14(18)12-4-3-11(20-2)9-13(12)16/h3-4,9,19H,5-8,10H2,1-2H3. The second kappa shape index (κ2) is 6.41. The molecule has 1 aromatic carbocycles. The Bertz CT molecular complexity index is 514. The van der Waals surface area contributed by atoms with E-state index in [1.54, 1.807) is 7.05 Å². The van der Waals surface area contributed by atoms with Gasteiger partial charge in [-0.3, -0.25) is 4.79 Å². The van der Waals surface area contributed by atoms with Crippen molar-refractivity contribution in [3.63, 3.8) is 0 Å². The van der Waals surface area contributed by atoms with Crippen molar-refractivity contribution in [1.82, 2.24) is 4.90 Å². The molecule has 1 fully saturated rings. The predicted octanol–water partition coefficient (Wildman–Crippen LogP) is 1.45. The monoisotopic (exact) mass is 297 g/mol. The van der Waals surface area contributed by atoms with E-state index in [2.05, 4.69) is 0 Å². The van der Waals surface area contributed by atoms with Crippen LogP contribution in [0.1, 0.15) is 23.2 Å². The van der Waals surface area contributed by atoms with Gasteiger partial charge in [-0.2, -0.15) is 0 Å². The summed E-state index contributed by atoms with van der Waals surface area (Å²) in [5, 5.41) is 10.4. The Morgan fingerprint density at radius 3 is 2.71 bits per heavy atom. The molecule has 0 radical (unpaired) electrons. The maximum atomic E-state index is 13.9. The van der Waals surface area contributed by atoms with Crippen LogP contribution in [0.3, 0.4) is 0 Å². The van der Waals surface area contributed by atoms with E-state index in [4.69, 9.17) is 9.47 Å². The Morgan fingerprint density at radius 1 is 1.48 bits per heavy atom. The third kappa shape index (κ3) is 3.71. The van der Waals surface area contributed by atoms with Crippen LogP contribution in [-0.4, -0.2) is 55.4 Å². The zero-order valence-electron chi connectivity index (χ0n) is 12.3. The number of ether oxygens (including phenoxy) is 2. The number of benzene rings is 1. The SMILES string of the molecule is COc1ccc(C(=O)N(C)CC2(O)CCOCC2)c(F)c1. The summed E-state index contributed by atoms with van der Waals surface area (Å²) in [6.45, 7) is 1.09. The lowest BCUT2D eigenvalue weighted by atomic mass is 9.93. The Hall–Kier alpha value is -1.66. The van der Waals surface area contributed by atoms with Crippen LogP contribution >= 0.6 is 0 Å². The molecule has 0 spiro atoms. The van der Waals surface area contributed by atoms with Crippen molar-refractivity contribution >= 4 is 5.91 Å². The molecule has 1 aliphatic rings. The fourth-order valence-corrected chi connectivity index (χ4v) is 2.42. The van der Waals surface area contributed by atoms with E-state index in [-0.39, 0.29) is 12.1 Å². The van der Waals surface area contributed by atoms with Crippen molar-refractivity contribution in [2.75, 3.05) is 33.9 Å². The van der Waals surface area contributed by atoms with Gasteiger partial charge in [-0.15, -0.1) is 0 Å². The quantitative estimate of drug-likeness (QED) is 0.914. The Labute approximate surface area is 123 Å². The molecule has 1 saturated heterocycles. The Balaban J connectivity index is 2.08. The molecule has 0 atom stereocenters. The van der Waals surface area contributed by atoms with Gasteiger partial charge in [0.2, 0.25) is 0 Å². The van der Waals surface area contributed by atoms with Crippen LogP contribution < -0.4 is 4.74 Å². The fraction of sp³-hybridized carbons (Fsp3) is 0.533. The number of methoxy groups -OCH3 is 1. The van der Waals surface area contributed by atoms with Gasteiger partial charge in [0.05, 0.1) is 18.3 Å². The molecule has 116 valence electrons. The number of hydrogen-bond donors (Lipinski definition) is 1. The minimum atomic E-state index is -0.967. The summed E-state index contributed by atoms with van der Waals surface area (Å²) >= 11 is 0. The number of carbonyl (C=O) groups is 1. The molecule has 2 rings (SSSR count). The van der Waals surface area contributed by atoms with Crippen LogP contribution in [0.4, 0.5) is 4.39 Å². The second-order valence-corrected chi connectivity index (χ2v) is 5.34. The summed E-state index contributed by atoms with van der Waals surface area (Å²) < 4.78 is 24.0. The molecule has 6 heteroatoms. The van der Waals surface area contributed by atoms with Crippen LogP contribution in [0.15, 0.2) is 18.2 Å². The van der Waals surface area contributed by atoms with Gasteiger partial charge in [0.15, 0.2) is 0 Å². The molecule has 1 aromatic rings. The molecule has 1 heterocycles. The van der Waals surface area contributed by atoms with Crippen molar-refractivity contribution in [3.8, 4) is 5.75 Å². The van der Waals surface area contributed by atoms with Gasteiger partial charge >= 0.3 is 0 Å². The van der Waals surface area contributed by atoms with E-state index in [0.717, 1.165) is 0 Å².